The molecule has 4 atom stereocenters. The zero-order chi connectivity index (χ0) is 20.9. The first-order chi connectivity index (χ1) is 14.6. The maximum absolute atomic E-state index is 12.9. The van der Waals surface area contributed by atoms with Crippen LogP contribution in [0.5, 0.6) is 0 Å². The van der Waals surface area contributed by atoms with Gasteiger partial charge >= 0.3 is 5.97 Å². The largest absolute Gasteiger partial charge is 0.481 e. The molecule has 0 aliphatic heterocycles. The van der Waals surface area contributed by atoms with Crippen molar-refractivity contribution >= 4 is 34.6 Å². The molecule has 160 valence electrons. The lowest BCUT2D eigenvalue weighted by atomic mass is 9.82. The highest BCUT2D eigenvalue weighted by molar-refractivity contribution is 7.14. The van der Waals surface area contributed by atoms with Crippen LogP contribution in [-0.2, 0) is 11.2 Å². The molecular formula is C24H29NO3S2. The van der Waals surface area contributed by atoms with Crippen LogP contribution in [0.15, 0.2) is 41.8 Å². The summed E-state index contributed by atoms with van der Waals surface area (Å²) in [6.45, 7) is 0. The Morgan fingerprint density at radius 2 is 2.00 bits per heavy atom. The number of carboxylic acid groups (broad SMARTS) is 1. The minimum Gasteiger partial charge on any atom is -0.481 e. The maximum atomic E-state index is 12.9. The summed E-state index contributed by atoms with van der Waals surface area (Å²) in [6.07, 6.45) is 11.7. The third-order valence-corrected chi connectivity index (χ3v) is 8.50. The normalized spacial score (nSPS) is 25.2. The van der Waals surface area contributed by atoms with Gasteiger partial charge in [-0.05, 0) is 79.9 Å². The summed E-state index contributed by atoms with van der Waals surface area (Å²) < 4.78 is 0. The van der Waals surface area contributed by atoms with Gasteiger partial charge in [0.2, 0.25) is 0 Å². The second kappa shape index (κ2) is 9.92. The number of aliphatic carboxylic acids is 1. The van der Waals surface area contributed by atoms with Crippen LogP contribution < -0.4 is 5.32 Å². The number of hydrogen-bond donors (Lipinski definition) is 2. The highest BCUT2D eigenvalue weighted by Crippen LogP contribution is 2.50. The van der Waals surface area contributed by atoms with E-state index in [1.807, 2.05) is 6.07 Å². The molecular weight excluding hydrogens is 414 g/mol. The molecule has 0 radical (unpaired) electrons. The Hall–Kier alpha value is -1.92. The van der Waals surface area contributed by atoms with E-state index in [2.05, 4.69) is 41.0 Å². The van der Waals surface area contributed by atoms with Gasteiger partial charge in [-0.15, -0.1) is 22.7 Å². The summed E-state index contributed by atoms with van der Waals surface area (Å²) in [7, 11) is 0. The monoisotopic (exact) mass is 443 g/mol. The molecule has 2 aliphatic rings. The summed E-state index contributed by atoms with van der Waals surface area (Å²) in [5.41, 5.74) is 0. The summed E-state index contributed by atoms with van der Waals surface area (Å²) in [6, 6.07) is 8.52. The van der Waals surface area contributed by atoms with E-state index >= 15 is 0 Å². The predicted molar refractivity (Wildman–Crippen MR) is 122 cm³/mol. The standard InChI is InChI=1S/C24H29NO3S2/c26-22(27)8-4-2-1-3-7-20-16-9-10-17(14-16)23(20)25-24(28)21-12-11-19(30-21)15-18-6-5-13-29-18/h1,3,5-6,11-13,16-17,20,23H,2,4,7-10,14-15H2,(H,25,28)(H,26,27). The topological polar surface area (TPSA) is 66.4 Å². The van der Waals surface area contributed by atoms with Crippen molar-refractivity contribution in [3.63, 3.8) is 0 Å². The zero-order valence-corrected chi connectivity index (χ0v) is 18.7. The van der Waals surface area contributed by atoms with E-state index in [4.69, 9.17) is 5.11 Å². The van der Waals surface area contributed by atoms with Crippen LogP contribution in [0.1, 0.15) is 64.4 Å². The molecule has 6 heteroatoms. The fourth-order valence-corrected chi connectivity index (χ4v) is 6.87. The average Bonchev–Trinajstić information content (AvgIpc) is 3.50. The van der Waals surface area contributed by atoms with E-state index in [0.717, 1.165) is 24.1 Å². The van der Waals surface area contributed by atoms with Crippen LogP contribution in [0.4, 0.5) is 0 Å². The van der Waals surface area contributed by atoms with Gasteiger partial charge in [-0.2, -0.15) is 0 Å². The van der Waals surface area contributed by atoms with E-state index in [-0.39, 0.29) is 18.4 Å². The highest BCUT2D eigenvalue weighted by Gasteiger charge is 2.47. The Labute approximate surface area is 186 Å². The molecule has 2 aliphatic carbocycles. The van der Waals surface area contributed by atoms with E-state index in [0.29, 0.717) is 24.2 Å². The molecule has 1 amide bonds. The SMILES string of the molecule is O=C(O)CCCC=CCC1C2CCC(C2)C1NC(=O)c1ccc(Cc2cccs2)s1. The minimum absolute atomic E-state index is 0.0745. The number of carbonyl (C=O) groups is 2. The first kappa shape index (κ1) is 21.3. The van der Waals surface area contributed by atoms with Crippen molar-refractivity contribution in [2.75, 3.05) is 0 Å². The lowest BCUT2D eigenvalue weighted by Gasteiger charge is -2.31. The molecule has 0 aromatic carbocycles. The van der Waals surface area contributed by atoms with E-state index in [1.54, 1.807) is 22.7 Å². The van der Waals surface area contributed by atoms with E-state index < -0.39 is 5.97 Å². The lowest BCUT2D eigenvalue weighted by Crippen LogP contribution is -2.43. The van der Waals surface area contributed by atoms with Gasteiger partial charge in [0.1, 0.15) is 0 Å². The molecule has 30 heavy (non-hydrogen) atoms. The van der Waals surface area contributed by atoms with Crippen molar-refractivity contribution in [2.24, 2.45) is 17.8 Å². The number of rotatable bonds is 10. The van der Waals surface area contributed by atoms with E-state index in [1.165, 1.54) is 29.0 Å². The van der Waals surface area contributed by atoms with Crippen molar-refractivity contribution in [1.82, 2.24) is 5.32 Å². The number of unbranched alkanes of at least 4 members (excludes halogenated alkanes) is 1. The van der Waals surface area contributed by atoms with Gasteiger partial charge in [0.05, 0.1) is 4.88 Å². The Balaban J connectivity index is 1.32. The first-order valence-corrected chi connectivity index (χ1v) is 12.6. The Morgan fingerprint density at radius 3 is 2.80 bits per heavy atom. The molecule has 2 bridgehead atoms. The summed E-state index contributed by atoms with van der Waals surface area (Å²) in [4.78, 5) is 26.9. The van der Waals surface area contributed by atoms with Crippen molar-refractivity contribution in [3.8, 4) is 0 Å². The number of carboxylic acids is 1. The van der Waals surface area contributed by atoms with Crippen LogP contribution in [-0.4, -0.2) is 23.0 Å². The van der Waals surface area contributed by atoms with E-state index in [9.17, 15) is 9.59 Å². The molecule has 2 aromatic heterocycles. The summed E-state index contributed by atoms with van der Waals surface area (Å²) in [5.74, 6) is 1.17. The van der Waals surface area contributed by atoms with Gasteiger partial charge in [-0.3, -0.25) is 9.59 Å². The molecule has 2 heterocycles. The Kier molecular flexibility index (Phi) is 7.05. The minimum atomic E-state index is -0.730. The van der Waals surface area contributed by atoms with Gasteiger partial charge in [-0.1, -0.05) is 18.2 Å². The molecule has 2 fully saturated rings. The average molecular weight is 444 g/mol. The van der Waals surface area contributed by atoms with Gasteiger partial charge in [0.25, 0.3) is 5.91 Å². The molecule has 0 spiro atoms. The third kappa shape index (κ3) is 5.22. The number of thiophene rings is 2. The third-order valence-electron chi connectivity index (χ3n) is 6.54. The quantitative estimate of drug-likeness (QED) is 0.363. The Bertz CT molecular complexity index is 886. The van der Waals surface area contributed by atoms with Gasteiger partial charge in [0, 0.05) is 28.6 Å². The number of fused-ring (bicyclic) bond motifs is 2. The van der Waals surface area contributed by atoms with Crippen LogP contribution >= 0.6 is 22.7 Å². The second-order valence-corrected chi connectivity index (χ2v) is 10.7. The number of carbonyl (C=O) groups excluding carboxylic acids is 1. The molecule has 4 nitrogen and oxygen atoms in total. The zero-order valence-electron chi connectivity index (χ0n) is 17.1. The van der Waals surface area contributed by atoms with Gasteiger partial charge < -0.3 is 10.4 Å². The first-order valence-electron chi connectivity index (χ1n) is 10.9. The second-order valence-electron chi connectivity index (χ2n) is 8.51. The van der Waals surface area contributed by atoms with Crippen LogP contribution in [0.2, 0.25) is 0 Å². The van der Waals surface area contributed by atoms with Gasteiger partial charge in [-0.25, -0.2) is 0 Å². The molecule has 2 saturated carbocycles. The lowest BCUT2D eigenvalue weighted by molar-refractivity contribution is -0.137. The number of nitrogens with one attached hydrogen (secondary N) is 1. The molecule has 2 aromatic rings. The smallest absolute Gasteiger partial charge is 0.303 e. The summed E-state index contributed by atoms with van der Waals surface area (Å²) in [5, 5.41) is 14.2. The molecule has 4 unspecified atom stereocenters. The van der Waals surface area contributed by atoms with Crippen molar-refractivity contribution < 1.29 is 14.7 Å². The van der Waals surface area contributed by atoms with Crippen LogP contribution in [0.25, 0.3) is 0 Å². The van der Waals surface area contributed by atoms with Crippen molar-refractivity contribution in [2.45, 2.75) is 57.4 Å². The Morgan fingerprint density at radius 1 is 1.13 bits per heavy atom. The van der Waals surface area contributed by atoms with Crippen molar-refractivity contribution in [3.05, 3.63) is 56.4 Å². The van der Waals surface area contributed by atoms with Crippen LogP contribution in [0, 0.1) is 17.8 Å². The molecule has 4 rings (SSSR count). The van der Waals surface area contributed by atoms with Crippen LogP contribution in [0.3, 0.4) is 0 Å². The highest BCUT2D eigenvalue weighted by atomic mass is 32.1. The number of hydrogen-bond acceptors (Lipinski definition) is 4. The molecule has 0 saturated heterocycles. The maximum Gasteiger partial charge on any atom is 0.303 e. The van der Waals surface area contributed by atoms with Gasteiger partial charge in [0.15, 0.2) is 0 Å². The predicted octanol–water partition coefficient (Wildman–Crippen LogP) is 5.75. The summed E-state index contributed by atoms with van der Waals surface area (Å²) >= 11 is 3.36. The number of amides is 1. The fourth-order valence-electron chi connectivity index (χ4n) is 5.12. The fraction of sp³-hybridized carbons (Fsp3) is 0.500. The number of allylic oxidation sites excluding steroid dienone is 2. The van der Waals surface area contributed by atoms with Crippen molar-refractivity contribution in [1.29, 1.82) is 0 Å². The molecule has 2 N–H and O–H groups in total.